The molecular weight excluding hydrogens is 326 g/mol. The van der Waals surface area contributed by atoms with Gasteiger partial charge in [-0.3, -0.25) is 0 Å². The first kappa shape index (κ1) is 24.1. The van der Waals surface area contributed by atoms with Crippen LogP contribution in [0.3, 0.4) is 0 Å². The lowest BCUT2D eigenvalue weighted by Crippen LogP contribution is -2.36. The van der Waals surface area contributed by atoms with Gasteiger partial charge in [-0.05, 0) is 79.9 Å². The van der Waals surface area contributed by atoms with Crippen molar-refractivity contribution in [2.45, 2.75) is 113 Å². The molecule has 1 nitrogen and oxygen atoms in total. The Labute approximate surface area is 170 Å². The lowest BCUT2D eigenvalue weighted by Gasteiger charge is -2.45. The van der Waals surface area contributed by atoms with Crippen molar-refractivity contribution >= 4 is 0 Å². The summed E-state index contributed by atoms with van der Waals surface area (Å²) in [5, 5.41) is 3.55. The van der Waals surface area contributed by atoms with Crippen molar-refractivity contribution in [2.24, 2.45) is 16.2 Å². The summed E-state index contributed by atoms with van der Waals surface area (Å²) < 4.78 is 0. The van der Waals surface area contributed by atoms with E-state index in [1.165, 1.54) is 37.7 Å². The highest BCUT2D eigenvalue weighted by Gasteiger charge is 2.39. The molecule has 0 aromatic rings. The molecule has 1 heteroatoms. The summed E-state index contributed by atoms with van der Waals surface area (Å²) in [6.07, 6.45) is 12.4. The third kappa shape index (κ3) is 7.51. The molecule has 0 bridgehead atoms. The Balaban J connectivity index is 3.26. The van der Waals surface area contributed by atoms with E-state index in [0.717, 1.165) is 12.1 Å². The van der Waals surface area contributed by atoms with Gasteiger partial charge in [0.1, 0.15) is 0 Å². The summed E-state index contributed by atoms with van der Waals surface area (Å²) in [4.78, 5) is 0. The van der Waals surface area contributed by atoms with Gasteiger partial charge >= 0.3 is 0 Å². The fourth-order valence-electron chi connectivity index (χ4n) is 4.11. The average Bonchev–Trinajstić information content (AvgIpc) is 2.47. The lowest BCUT2D eigenvalue weighted by atomic mass is 9.60. The molecule has 0 atom stereocenters. The van der Waals surface area contributed by atoms with E-state index in [-0.39, 0.29) is 16.4 Å². The van der Waals surface area contributed by atoms with Crippen molar-refractivity contribution in [1.82, 2.24) is 5.32 Å². The van der Waals surface area contributed by atoms with E-state index < -0.39 is 0 Å². The van der Waals surface area contributed by atoms with Crippen molar-refractivity contribution in [3.63, 3.8) is 0 Å². The van der Waals surface area contributed by atoms with Gasteiger partial charge in [-0.15, -0.1) is 0 Å². The first-order valence-electron chi connectivity index (χ1n) is 11.0. The van der Waals surface area contributed by atoms with Gasteiger partial charge < -0.3 is 5.32 Å². The van der Waals surface area contributed by atoms with Crippen LogP contribution >= 0.6 is 0 Å². The molecule has 0 radical (unpaired) electrons. The molecule has 156 valence electrons. The third-order valence-electron chi connectivity index (χ3n) is 6.04. The van der Waals surface area contributed by atoms with E-state index in [0.29, 0.717) is 5.41 Å². The van der Waals surface area contributed by atoms with Crippen molar-refractivity contribution in [3.8, 4) is 0 Å². The fraction of sp³-hybridized carbons (Fsp3) is 0.769. The molecule has 27 heavy (non-hydrogen) atoms. The Morgan fingerprint density at radius 1 is 1.00 bits per heavy atom. The number of allylic oxidation sites excluding steroid dienone is 4. The molecule has 0 unspecified atom stereocenters. The van der Waals surface area contributed by atoms with Gasteiger partial charge in [-0.2, -0.15) is 0 Å². The normalized spacial score (nSPS) is 22.9. The van der Waals surface area contributed by atoms with E-state index in [2.05, 4.69) is 93.3 Å². The molecule has 1 fully saturated rings. The van der Waals surface area contributed by atoms with Crippen molar-refractivity contribution in [3.05, 3.63) is 35.6 Å². The first-order chi connectivity index (χ1) is 12.1. The van der Waals surface area contributed by atoms with Crippen LogP contribution in [-0.2, 0) is 0 Å². The molecule has 0 saturated heterocycles. The average molecular weight is 374 g/mol. The second-order valence-corrected chi connectivity index (χ2v) is 11.8. The van der Waals surface area contributed by atoms with E-state index >= 15 is 0 Å². The van der Waals surface area contributed by atoms with E-state index in [9.17, 15) is 0 Å². The SMILES string of the molecule is C=C(C=C1/C(=C\CC(C)(C)CCCC)C(C)(C)CCC1(C)C)NC(C)(C)C. The predicted molar refractivity (Wildman–Crippen MR) is 123 cm³/mol. The van der Waals surface area contributed by atoms with Crippen LogP contribution in [0.1, 0.15) is 108 Å². The van der Waals surface area contributed by atoms with E-state index in [1.807, 2.05) is 0 Å². The van der Waals surface area contributed by atoms with E-state index in [1.54, 1.807) is 5.57 Å². The second kappa shape index (κ2) is 8.58. The topological polar surface area (TPSA) is 12.0 Å². The van der Waals surface area contributed by atoms with Crippen LogP contribution in [0.5, 0.6) is 0 Å². The van der Waals surface area contributed by atoms with Gasteiger partial charge in [0.2, 0.25) is 0 Å². The van der Waals surface area contributed by atoms with Gasteiger partial charge in [-0.1, -0.05) is 74.0 Å². The number of hydrogen-bond acceptors (Lipinski definition) is 1. The summed E-state index contributed by atoms with van der Waals surface area (Å²) >= 11 is 0. The minimum atomic E-state index is 0.0362. The Morgan fingerprint density at radius 3 is 2.00 bits per heavy atom. The minimum absolute atomic E-state index is 0.0362. The van der Waals surface area contributed by atoms with Gasteiger partial charge in [0.25, 0.3) is 0 Å². The molecule has 0 amide bonds. The fourth-order valence-corrected chi connectivity index (χ4v) is 4.11. The van der Waals surface area contributed by atoms with Gasteiger partial charge in [0.05, 0.1) is 0 Å². The number of rotatable bonds is 7. The predicted octanol–water partition coefficient (Wildman–Crippen LogP) is 8.19. The van der Waals surface area contributed by atoms with Gasteiger partial charge in [0, 0.05) is 11.2 Å². The molecule has 1 aliphatic carbocycles. The molecule has 1 saturated carbocycles. The quantitative estimate of drug-likeness (QED) is 0.474. The van der Waals surface area contributed by atoms with Crippen LogP contribution in [0.4, 0.5) is 0 Å². The highest BCUT2D eigenvalue weighted by molar-refractivity contribution is 5.45. The van der Waals surface area contributed by atoms with Crippen LogP contribution in [0.25, 0.3) is 0 Å². The molecule has 1 N–H and O–H groups in total. The van der Waals surface area contributed by atoms with Crippen LogP contribution in [0.15, 0.2) is 35.6 Å². The Kier molecular flexibility index (Phi) is 7.64. The van der Waals surface area contributed by atoms with Gasteiger partial charge in [-0.25, -0.2) is 0 Å². The molecule has 0 heterocycles. The number of hydrogen-bond donors (Lipinski definition) is 1. The summed E-state index contributed by atoms with van der Waals surface area (Å²) in [6.45, 7) is 27.7. The number of nitrogens with one attached hydrogen (secondary N) is 1. The van der Waals surface area contributed by atoms with Crippen LogP contribution in [0.2, 0.25) is 0 Å². The Hall–Kier alpha value is -0.980. The third-order valence-corrected chi connectivity index (χ3v) is 6.04. The van der Waals surface area contributed by atoms with Crippen molar-refractivity contribution in [1.29, 1.82) is 0 Å². The molecule has 0 aliphatic heterocycles. The van der Waals surface area contributed by atoms with Crippen LogP contribution in [0, 0.1) is 16.2 Å². The Bertz CT molecular complexity index is 576. The maximum Gasteiger partial charge on any atom is 0.0289 e. The largest absolute Gasteiger partial charge is 0.381 e. The summed E-state index contributed by atoms with van der Waals surface area (Å²) in [5.41, 5.74) is 4.87. The van der Waals surface area contributed by atoms with Crippen LogP contribution in [-0.4, -0.2) is 5.54 Å². The monoisotopic (exact) mass is 373 g/mol. The maximum absolute atomic E-state index is 4.32. The number of unbranched alkanes of at least 4 members (excludes halogenated alkanes) is 1. The summed E-state index contributed by atoms with van der Waals surface area (Å²) in [5.74, 6) is 0. The molecule has 0 aromatic heterocycles. The standard InChI is InChI=1S/C26H47N/c1-12-13-15-24(6,7)16-14-21-22(19-20(2)27-23(3,4)5)26(10,11)18-17-25(21,8)9/h14,19,27H,2,12-13,15-18H2,1,3-11H3/b21-14+,22-19?. The highest BCUT2D eigenvalue weighted by Crippen LogP contribution is 2.52. The maximum atomic E-state index is 4.32. The second-order valence-electron chi connectivity index (χ2n) is 11.8. The molecule has 1 rings (SSSR count). The summed E-state index contributed by atoms with van der Waals surface area (Å²) in [7, 11) is 0. The lowest BCUT2D eigenvalue weighted by molar-refractivity contribution is 0.255. The zero-order valence-electron chi connectivity index (χ0n) is 20.1. The molecular formula is C26H47N. The Morgan fingerprint density at radius 2 is 1.52 bits per heavy atom. The highest BCUT2D eigenvalue weighted by atomic mass is 15.0. The summed E-state index contributed by atoms with van der Waals surface area (Å²) in [6, 6.07) is 0. The van der Waals surface area contributed by atoms with Crippen LogP contribution < -0.4 is 5.32 Å². The molecule has 0 spiro atoms. The van der Waals surface area contributed by atoms with E-state index in [4.69, 9.17) is 0 Å². The smallest absolute Gasteiger partial charge is 0.0289 e. The minimum Gasteiger partial charge on any atom is -0.381 e. The zero-order valence-corrected chi connectivity index (χ0v) is 20.1. The van der Waals surface area contributed by atoms with Crippen molar-refractivity contribution in [2.75, 3.05) is 0 Å². The van der Waals surface area contributed by atoms with Gasteiger partial charge in [0.15, 0.2) is 0 Å². The first-order valence-corrected chi connectivity index (χ1v) is 11.0. The molecule has 0 aromatic carbocycles. The zero-order chi connectivity index (χ0) is 21.1. The van der Waals surface area contributed by atoms with Crippen molar-refractivity contribution < 1.29 is 0 Å². The molecule has 1 aliphatic rings.